The number of fused-ring (bicyclic) bond motifs is 1. The number of ether oxygens (including phenoxy) is 1. The van der Waals surface area contributed by atoms with E-state index in [1.54, 1.807) is 17.0 Å². The van der Waals surface area contributed by atoms with Crippen molar-refractivity contribution in [2.75, 3.05) is 11.4 Å². The third kappa shape index (κ3) is 3.41. The second-order valence-corrected chi connectivity index (χ2v) is 6.71. The first kappa shape index (κ1) is 16.5. The third-order valence-corrected chi connectivity index (χ3v) is 4.61. The van der Waals surface area contributed by atoms with Gasteiger partial charge in [-0.15, -0.1) is 0 Å². The van der Waals surface area contributed by atoms with E-state index in [9.17, 15) is 4.79 Å². The Morgan fingerprint density at radius 3 is 2.50 bits per heavy atom. The van der Waals surface area contributed by atoms with Crippen molar-refractivity contribution in [1.29, 1.82) is 0 Å². The van der Waals surface area contributed by atoms with E-state index in [0.717, 1.165) is 21.1 Å². The molecule has 0 saturated heterocycles. The van der Waals surface area contributed by atoms with Gasteiger partial charge in [0.15, 0.2) is 5.13 Å². The summed E-state index contributed by atoms with van der Waals surface area (Å²) in [6.07, 6.45) is 0.112. The van der Waals surface area contributed by atoms with E-state index < -0.39 is 0 Å². The number of nitrogens with zero attached hydrogens (tertiary/aromatic N) is 2. The fraction of sp³-hybridized carbons (Fsp3) is 0.263. The molecule has 1 amide bonds. The third-order valence-electron chi connectivity index (χ3n) is 3.55. The summed E-state index contributed by atoms with van der Waals surface area (Å²) < 4.78 is 6.71. The lowest BCUT2D eigenvalue weighted by atomic mass is 10.2. The van der Waals surface area contributed by atoms with Gasteiger partial charge in [0.25, 0.3) is 5.91 Å². The van der Waals surface area contributed by atoms with Gasteiger partial charge in [0.2, 0.25) is 0 Å². The number of para-hydroxylation sites is 1. The van der Waals surface area contributed by atoms with Crippen LogP contribution < -0.4 is 9.64 Å². The Kier molecular flexibility index (Phi) is 4.81. The van der Waals surface area contributed by atoms with Gasteiger partial charge in [0.05, 0.1) is 16.3 Å². The monoisotopic (exact) mass is 340 g/mol. The van der Waals surface area contributed by atoms with Crippen LogP contribution in [0.15, 0.2) is 48.5 Å². The van der Waals surface area contributed by atoms with Crippen LogP contribution in [0.25, 0.3) is 10.2 Å². The van der Waals surface area contributed by atoms with Crippen molar-refractivity contribution in [2.45, 2.75) is 26.9 Å². The predicted octanol–water partition coefficient (Wildman–Crippen LogP) is 4.75. The molecule has 5 heteroatoms. The van der Waals surface area contributed by atoms with Crippen molar-refractivity contribution in [1.82, 2.24) is 4.98 Å². The molecular formula is C19H20N2O2S. The van der Waals surface area contributed by atoms with Gasteiger partial charge in [-0.1, -0.05) is 23.5 Å². The maximum atomic E-state index is 12.8. The zero-order valence-electron chi connectivity index (χ0n) is 14.0. The van der Waals surface area contributed by atoms with Crippen molar-refractivity contribution in [3.8, 4) is 5.75 Å². The molecule has 0 saturated carbocycles. The zero-order chi connectivity index (χ0) is 17.1. The minimum Gasteiger partial charge on any atom is -0.491 e. The molecule has 4 nitrogen and oxygen atoms in total. The van der Waals surface area contributed by atoms with E-state index in [0.29, 0.717) is 12.1 Å². The molecular weight excluding hydrogens is 320 g/mol. The first-order valence-electron chi connectivity index (χ1n) is 8.02. The first-order valence-corrected chi connectivity index (χ1v) is 8.84. The lowest BCUT2D eigenvalue weighted by molar-refractivity contribution is 0.0988. The first-order chi connectivity index (χ1) is 11.6. The molecule has 0 unspecified atom stereocenters. The molecule has 3 aromatic rings. The highest BCUT2D eigenvalue weighted by Crippen LogP contribution is 2.29. The van der Waals surface area contributed by atoms with E-state index in [4.69, 9.17) is 4.74 Å². The Hall–Kier alpha value is -2.40. The Bertz CT molecular complexity index is 807. The van der Waals surface area contributed by atoms with Crippen molar-refractivity contribution < 1.29 is 9.53 Å². The summed E-state index contributed by atoms with van der Waals surface area (Å²) in [5.41, 5.74) is 1.55. The number of rotatable bonds is 5. The smallest absolute Gasteiger partial charge is 0.260 e. The predicted molar refractivity (Wildman–Crippen MR) is 99.2 cm³/mol. The quantitative estimate of drug-likeness (QED) is 0.673. The molecule has 1 heterocycles. The number of carbonyl (C=O) groups excluding carboxylic acids is 1. The van der Waals surface area contributed by atoms with Gasteiger partial charge >= 0.3 is 0 Å². The van der Waals surface area contributed by atoms with Crippen molar-refractivity contribution in [3.05, 3.63) is 54.1 Å². The highest BCUT2D eigenvalue weighted by Gasteiger charge is 2.19. The van der Waals surface area contributed by atoms with Crippen LogP contribution in [0.3, 0.4) is 0 Å². The summed E-state index contributed by atoms with van der Waals surface area (Å²) in [4.78, 5) is 19.1. The van der Waals surface area contributed by atoms with Crippen LogP contribution in [-0.4, -0.2) is 23.5 Å². The number of anilines is 1. The maximum Gasteiger partial charge on any atom is 0.260 e. The van der Waals surface area contributed by atoms with Crippen LogP contribution in [0.1, 0.15) is 31.1 Å². The molecule has 0 bridgehead atoms. The SMILES string of the molecule is CCN(C(=O)c1ccc(OC(C)C)cc1)c1nc2ccccc2s1. The van der Waals surface area contributed by atoms with Crippen molar-refractivity contribution in [2.24, 2.45) is 0 Å². The highest BCUT2D eigenvalue weighted by molar-refractivity contribution is 7.22. The van der Waals surface area contributed by atoms with Gasteiger partial charge in [-0.2, -0.15) is 0 Å². The molecule has 3 rings (SSSR count). The Morgan fingerprint density at radius 1 is 1.17 bits per heavy atom. The fourth-order valence-electron chi connectivity index (χ4n) is 2.45. The highest BCUT2D eigenvalue weighted by atomic mass is 32.1. The van der Waals surface area contributed by atoms with Crippen LogP contribution in [0.2, 0.25) is 0 Å². The number of thiazole rings is 1. The van der Waals surface area contributed by atoms with Gasteiger partial charge in [-0.25, -0.2) is 4.98 Å². The molecule has 0 aliphatic heterocycles. The molecule has 0 atom stereocenters. The van der Waals surface area contributed by atoms with E-state index >= 15 is 0 Å². The molecule has 0 aliphatic rings. The van der Waals surface area contributed by atoms with Crippen LogP contribution in [0.5, 0.6) is 5.75 Å². The summed E-state index contributed by atoms with van der Waals surface area (Å²) in [7, 11) is 0. The molecule has 0 N–H and O–H groups in total. The standard InChI is InChI=1S/C19H20N2O2S/c1-4-21(19-20-16-7-5-6-8-17(16)24-19)18(22)14-9-11-15(12-10-14)23-13(2)3/h5-13H,4H2,1-3H3. The van der Waals surface area contributed by atoms with Gasteiger partial charge in [-0.05, 0) is 57.2 Å². The number of hydrogen-bond donors (Lipinski definition) is 0. The van der Waals surface area contributed by atoms with Crippen molar-refractivity contribution in [3.63, 3.8) is 0 Å². The Labute approximate surface area is 145 Å². The largest absolute Gasteiger partial charge is 0.491 e. The second kappa shape index (κ2) is 7.01. The average molecular weight is 340 g/mol. The molecule has 2 aromatic carbocycles. The van der Waals surface area contributed by atoms with E-state index in [2.05, 4.69) is 4.98 Å². The van der Waals surface area contributed by atoms with Crippen LogP contribution >= 0.6 is 11.3 Å². The van der Waals surface area contributed by atoms with Crippen LogP contribution in [0.4, 0.5) is 5.13 Å². The molecule has 0 radical (unpaired) electrons. The summed E-state index contributed by atoms with van der Waals surface area (Å²) in [6, 6.07) is 15.2. The minimum atomic E-state index is -0.0485. The topological polar surface area (TPSA) is 42.4 Å². The summed E-state index contributed by atoms with van der Waals surface area (Å²) in [5, 5.41) is 0.728. The average Bonchev–Trinajstić information content (AvgIpc) is 2.99. The Balaban J connectivity index is 1.85. The van der Waals surface area contributed by atoms with Gasteiger partial charge < -0.3 is 4.74 Å². The molecule has 124 valence electrons. The molecule has 1 aromatic heterocycles. The number of benzene rings is 2. The molecule has 24 heavy (non-hydrogen) atoms. The summed E-state index contributed by atoms with van der Waals surface area (Å²) >= 11 is 1.53. The van der Waals surface area contributed by atoms with E-state index in [-0.39, 0.29) is 12.0 Å². The molecule has 0 aliphatic carbocycles. The van der Waals surface area contributed by atoms with Gasteiger partial charge in [0, 0.05) is 12.1 Å². The van der Waals surface area contributed by atoms with Crippen LogP contribution in [-0.2, 0) is 0 Å². The van der Waals surface area contributed by atoms with E-state index in [1.165, 1.54) is 11.3 Å². The summed E-state index contributed by atoms with van der Waals surface area (Å²) in [6.45, 7) is 6.49. The Morgan fingerprint density at radius 2 is 1.88 bits per heavy atom. The normalized spacial score (nSPS) is 11.0. The fourth-order valence-corrected chi connectivity index (χ4v) is 3.47. The molecule has 0 fully saturated rings. The van der Waals surface area contributed by atoms with Crippen molar-refractivity contribution >= 4 is 32.6 Å². The lowest BCUT2D eigenvalue weighted by Gasteiger charge is -2.18. The summed E-state index contributed by atoms with van der Waals surface area (Å²) in [5.74, 6) is 0.720. The maximum absolute atomic E-state index is 12.8. The second-order valence-electron chi connectivity index (χ2n) is 5.70. The number of amides is 1. The molecule has 0 spiro atoms. The number of hydrogen-bond acceptors (Lipinski definition) is 4. The zero-order valence-corrected chi connectivity index (χ0v) is 14.8. The minimum absolute atomic E-state index is 0.0485. The number of carbonyl (C=O) groups is 1. The van der Waals surface area contributed by atoms with Gasteiger partial charge in [0.1, 0.15) is 5.75 Å². The van der Waals surface area contributed by atoms with E-state index in [1.807, 2.05) is 57.2 Å². The lowest BCUT2D eigenvalue weighted by Crippen LogP contribution is -2.30. The van der Waals surface area contributed by atoms with Crippen LogP contribution in [0, 0.1) is 0 Å². The van der Waals surface area contributed by atoms with Gasteiger partial charge in [-0.3, -0.25) is 9.69 Å². The number of aromatic nitrogens is 1.